The molecular weight excluding hydrogens is 449 g/mol. The monoisotopic (exact) mass is 474 g/mol. The summed E-state index contributed by atoms with van der Waals surface area (Å²) in [6, 6.07) is 11.7. The molecule has 0 bridgehead atoms. The summed E-state index contributed by atoms with van der Waals surface area (Å²) >= 11 is 0. The topological polar surface area (TPSA) is 68.6 Å². The van der Waals surface area contributed by atoms with Crippen molar-refractivity contribution in [2.24, 2.45) is 0 Å². The van der Waals surface area contributed by atoms with E-state index in [-0.39, 0.29) is 17.8 Å². The van der Waals surface area contributed by atoms with Crippen molar-refractivity contribution in [3.63, 3.8) is 0 Å². The number of carbonyl (C=O) groups excluding carboxylic acids is 1. The second-order valence-electron chi connectivity index (χ2n) is 8.10. The Bertz CT molecular complexity index is 1160. The number of rotatable bonds is 6. The van der Waals surface area contributed by atoms with Crippen LogP contribution in [0.3, 0.4) is 0 Å². The Morgan fingerprint density at radius 1 is 1.15 bits per heavy atom. The average molecular weight is 474 g/mol. The van der Waals surface area contributed by atoms with Crippen LogP contribution in [0.2, 0.25) is 0 Å². The van der Waals surface area contributed by atoms with Gasteiger partial charge in [0.05, 0.1) is 26.5 Å². The van der Waals surface area contributed by atoms with Crippen LogP contribution in [0.15, 0.2) is 54.7 Å². The highest BCUT2D eigenvalue weighted by Crippen LogP contribution is 2.45. The van der Waals surface area contributed by atoms with Crippen molar-refractivity contribution in [3.8, 4) is 11.5 Å². The molecule has 0 radical (unpaired) electrons. The molecule has 0 saturated carbocycles. The Labute approximate surface area is 195 Å². The van der Waals surface area contributed by atoms with Crippen LogP contribution in [0.4, 0.5) is 19.0 Å². The number of alkyl halides is 3. The molecule has 34 heavy (non-hydrogen) atoms. The Morgan fingerprint density at radius 2 is 1.85 bits per heavy atom. The van der Waals surface area contributed by atoms with Gasteiger partial charge in [0.15, 0.2) is 17.5 Å². The number of carbonyl (C=O) groups is 1. The Balaban J connectivity index is 1.68. The molecule has 0 aliphatic carbocycles. The fourth-order valence-corrected chi connectivity index (χ4v) is 4.14. The van der Waals surface area contributed by atoms with Gasteiger partial charge in [-0.1, -0.05) is 36.4 Å². The maximum Gasteiger partial charge on any atom is 0.410 e. The molecule has 0 unspecified atom stereocenters. The van der Waals surface area contributed by atoms with Gasteiger partial charge in [0.2, 0.25) is 0 Å². The van der Waals surface area contributed by atoms with Crippen LogP contribution in [-0.2, 0) is 6.54 Å². The van der Waals surface area contributed by atoms with Gasteiger partial charge >= 0.3 is 6.18 Å². The van der Waals surface area contributed by atoms with E-state index in [1.165, 1.54) is 25.3 Å². The third kappa shape index (κ3) is 4.52. The lowest BCUT2D eigenvalue weighted by Crippen LogP contribution is -2.36. The maximum absolute atomic E-state index is 14.0. The first-order chi connectivity index (χ1) is 16.2. The summed E-state index contributed by atoms with van der Waals surface area (Å²) in [7, 11) is 4.55. The first-order valence-electron chi connectivity index (χ1n) is 10.6. The SMILES string of the molecule is COc1ccc([C@H]2C[C@@H](C(F)(F)F)n3ncc(C(=O)N(C)Cc4ccccc4)c3N2)cc1OC. The number of aromatic nitrogens is 2. The summed E-state index contributed by atoms with van der Waals surface area (Å²) < 4.78 is 53.4. The number of amides is 1. The largest absolute Gasteiger partial charge is 0.493 e. The van der Waals surface area contributed by atoms with Crippen molar-refractivity contribution >= 4 is 11.7 Å². The molecule has 2 atom stereocenters. The minimum absolute atomic E-state index is 0.0401. The van der Waals surface area contributed by atoms with Gasteiger partial charge in [-0.15, -0.1) is 0 Å². The number of benzene rings is 2. The molecule has 7 nitrogen and oxygen atoms in total. The Kier molecular flexibility index (Phi) is 6.41. The highest BCUT2D eigenvalue weighted by Gasteiger charge is 2.47. The first-order valence-corrected chi connectivity index (χ1v) is 10.6. The van der Waals surface area contributed by atoms with E-state index < -0.39 is 24.2 Å². The molecule has 2 heterocycles. The van der Waals surface area contributed by atoms with Crippen LogP contribution in [0, 0.1) is 0 Å². The van der Waals surface area contributed by atoms with Crippen molar-refractivity contribution in [2.45, 2.75) is 31.2 Å². The summed E-state index contributed by atoms with van der Waals surface area (Å²) in [6.45, 7) is 0.312. The van der Waals surface area contributed by atoms with E-state index in [1.54, 1.807) is 25.2 Å². The van der Waals surface area contributed by atoms with Crippen molar-refractivity contribution in [1.82, 2.24) is 14.7 Å². The number of anilines is 1. The highest BCUT2D eigenvalue weighted by atomic mass is 19.4. The van der Waals surface area contributed by atoms with Crippen LogP contribution >= 0.6 is 0 Å². The normalized spacial score (nSPS) is 17.5. The van der Waals surface area contributed by atoms with Crippen LogP contribution in [0.25, 0.3) is 0 Å². The number of fused-ring (bicyclic) bond motifs is 1. The fraction of sp³-hybridized carbons (Fsp3) is 0.333. The lowest BCUT2D eigenvalue weighted by atomic mass is 9.96. The lowest BCUT2D eigenvalue weighted by molar-refractivity contribution is -0.173. The number of hydrogen-bond donors (Lipinski definition) is 1. The molecule has 4 rings (SSSR count). The standard InChI is InChI=1S/C24H25F3N4O3/c1-30(14-15-7-5-4-6-8-15)23(32)17-13-28-31-21(24(25,26)27)12-18(29-22(17)31)16-9-10-19(33-2)20(11-16)34-3/h4-11,13,18,21,29H,12,14H2,1-3H3/t18-,21+/m1/s1. The molecule has 10 heteroatoms. The van der Waals surface area contributed by atoms with E-state index in [9.17, 15) is 18.0 Å². The Hall–Kier alpha value is -3.69. The predicted octanol–water partition coefficient (Wildman–Crippen LogP) is 4.83. The molecule has 0 spiro atoms. The number of methoxy groups -OCH3 is 2. The molecule has 2 aromatic carbocycles. The van der Waals surface area contributed by atoms with Gasteiger partial charge in [-0.25, -0.2) is 4.68 Å². The molecule has 1 N–H and O–H groups in total. The zero-order valence-electron chi connectivity index (χ0n) is 19.0. The zero-order chi connectivity index (χ0) is 24.5. The molecule has 1 aromatic heterocycles. The third-order valence-electron chi connectivity index (χ3n) is 5.89. The maximum atomic E-state index is 14.0. The highest BCUT2D eigenvalue weighted by molar-refractivity contribution is 5.98. The van der Waals surface area contributed by atoms with Crippen LogP contribution in [-0.4, -0.2) is 48.0 Å². The number of nitrogens with zero attached hydrogens (tertiary/aromatic N) is 3. The third-order valence-corrected chi connectivity index (χ3v) is 5.89. The van der Waals surface area contributed by atoms with E-state index in [1.807, 2.05) is 30.3 Å². The summed E-state index contributed by atoms with van der Waals surface area (Å²) in [6.07, 6.45) is -3.64. The molecule has 3 aromatic rings. The lowest BCUT2D eigenvalue weighted by Gasteiger charge is -2.34. The first kappa shape index (κ1) is 23.5. The Morgan fingerprint density at radius 3 is 2.50 bits per heavy atom. The summed E-state index contributed by atoms with van der Waals surface area (Å²) in [5.41, 5.74) is 1.57. The quantitative estimate of drug-likeness (QED) is 0.554. The van der Waals surface area contributed by atoms with E-state index in [4.69, 9.17) is 9.47 Å². The van der Waals surface area contributed by atoms with Crippen LogP contribution < -0.4 is 14.8 Å². The van der Waals surface area contributed by atoms with Crippen molar-refractivity contribution in [3.05, 3.63) is 71.4 Å². The second-order valence-corrected chi connectivity index (χ2v) is 8.10. The van der Waals surface area contributed by atoms with Gasteiger partial charge in [-0.05, 0) is 23.3 Å². The number of nitrogens with one attached hydrogen (secondary N) is 1. The van der Waals surface area contributed by atoms with E-state index in [0.29, 0.717) is 23.6 Å². The number of ether oxygens (including phenoxy) is 2. The van der Waals surface area contributed by atoms with E-state index >= 15 is 0 Å². The molecule has 0 saturated heterocycles. The molecule has 1 aliphatic heterocycles. The average Bonchev–Trinajstić information content (AvgIpc) is 3.26. The van der Waals surface area contributed by atoms with Gasteiger partial charge in [-0.3, -0.25) is 4.79 Å². The van der Waals surface area contributed by atoms with Crippen molar-refractivity contribution in [2.75, 3.05) is 26.6 Å². The van der Waals surface area contributed by atoms with E-state index in [2.05, 4.69) is 10.4 Å². The smallest absolute Gasteiger partial charge is 0.410 e. The summed E-state index contributed by atoms with van der Waals surface area (Å²) in [5.74, 6) is 0.492. The van der Waals surface area contributed by atoms with Gasteiger partial charge in [-0.2, -0.15) is 18.3 Å². The summed E-state index contributed by atoms with van der Waals surface area (Å²) in [5, 5.41) is 7.06. The van der Waals surface area contributed by atoms with Gasteiger partial charge in [0.25, 0.3) is 5.91 Å². The van der Waals surface area contributed by atoms with Crippen molar-refractivity contribution < 1.29 is 27.4 Å². The minimum Gasteiger partial charge on any atom is -0.493 e. The molecule has 1 amide bonds. The number of hydrogen-bond acceptors (Lipinski definition) is 5. The molecule has 180 valence electrons. The van der Waals surface area contributed by atoms with Gasteiger partial charge in [0, 0.05) is 20.0 Å². The second kappa shape index (κ2) is 9.28. The van der Waals surface area contributed by atoms with Gasteiger partial charge < -0.3 is 19.7 Å². The molecule has 0 fully saturated rings. The summed E-state index contributed by atoms with van der Waals surface area (Å²) in [4.78, 5) is 14.6. The van der Waals surface area contributed by atoms with Crippen LogP contribution in [0.5, 0.6) is 11.5 Å². The number of halogens is 3. The zero-order valence-corrected chi connectivity index (χ0v) is 19.0. The minimum atomic E-state index is -4.55. The fourth-order valence-electron chi connectivity index (χ4n) is 4.14. The van der Waals surface area contributed by atoms with Gasteiger partial charge in [0.1, 0.15) is 11.4 Å². The molecular formula is C24H25F3N4O3. The van der Waals surface area contributed by atoms with E-state index in [0.717, 1.165) is 10.2 Å². The van der Waals surface area contributed by atoms with Crippen molar-refractivity contribution in [1.29, 1.82) is 0 Å². The molecule has 1 aliphatic rings. The van der Waals surface area contributed by atoms with Crippen LogP contribution in [0.1, 0.15) is 40.0 Å². The predicted molar refractivity (Wildman–Crippen MR) is 120 cm³/mol.